The van der Waals surface area contributed by atoms with Crippen LogP contribution in [0, 0.1) is 0 Å². The molecule has 0 aliphatic rings. The molecular weight excluding hydrogens is 224 g/mol. The number of ether oxygens (including phenoxy) is 2. The van der Waals surface area contributed by atoms with Crippen molar-refractivity contribution in [3.8, 4) is 0 Å². The first-order valence-corrected chi connectivity index (χ1v) is 5.03. The summed E-state index contributed by atoms with van der Waals surface area (Å²) in [6, 6.07) is 6.66. The highest BCUT2D eigenvalue weighted by atomic mass is 16.5. The number of aliphatic hydroxyl groups is 1. The zero-order valence-corrected chi connectivity index (χ0v) is 9.67. The van der Waals surface area contributed by atoms with Crippen molar-refractivity contribution in [1.82, 2.24) is 0 Å². The smallest absolute Gasteiger partial charge is 0.339 e. The minimum Gasteiger partial charge on any atom is -0.467 e. The highest BCUT2D eigenvalue weighted by Crippen LogP contribution is 2.19. The third kappa shape index (κ3) is 3.57. The number of hydrogen-bond donors (Lipinski definition) is 1. The van der Waals surface area contributed by atoms with Gasteiger partial charge in [-0.3, -0.25) is 4.79 Å². The number of benzene rings is 1. The van der Waals surface area contributed by atoms with Gasteiger partial charge in [-0.15, -0.1) is 0 Å². The van der Waals surface area contributed by atoms with Gasteiger partial charge in [0, 0.05) is 6.92 Å². The van der Waals surface area contributed by atoms with Gasteiger partial charge >= 0.3 is 11.9 Å². The van der Waals surface area contributed by atoms with Crippen LogP contribution in [-0.4, -0.2) is 24.2 Å². The first kappa shape index (κ1) is 13.2. The molecule has 0 amide bonds. The molecule has 0 spiro atoms. The van der Waals surface area contributed by atoms with E-state index in [9.17, 15) is 14.7 Å². The molecule has 0 aliphatic heterocycles. The summed E-state index contributed by atoms with van der Waals surface area (Å²) in [7, 11) is 1.19. The SMILES string of the molecule is COC(=O)C(O)c1ccccc1COC(C)=O. The first-order valence-electron chi connectivity index (χ1n) is 5.03. The van der Waals surface area contributed by atoms with E-state index in [0.29, 0.717) is 11.1 Å². The van der Waals surface area contributed by atoms with Crippen LogP contribution in [-0.2, 0) is 25.7 Å². The molecule has 0 saturated carbocycles. The lowest BCUT2D eigenvalue weighted by Crippen LogP contribution is -2.15. The normalized spacial score (nSPS) is 11.7. The molecule has 0 aliphatic carbocycles. The minimum absolute atomic E-state index is 0.0135. The highest BCUT2D eigenvalue weighted by Gasteiger charge is 2.20. The van der Waals surface area contributed by atoms with E-state index in [4.69, 9.17) is 4.74 Å². The summed E-state index contributed by atoms with van der Waals surface area (Å²) >= 11 is 0. The molecule has 1 aromatic rings. The highest BCUT2D eigenvalue weighted by molar-refractivity contribution is 5.76. The number of hydrogen-bond acceptors (Lipinski definition) is 5. The molecule has 0 aromatic heterocycles. The monoisotopic (exact) mass is 238 g/mol. The molecule has 0 radical (unpaired) electrons. The van der Waals surface area contributed by atoms with E-state index in [1.165, 1.54) is 14.0 Å². The second-order valence-electron chi connectivity index (χ2n) is 3.40. The molecular formula is C12H14O5. The second-order valence-corrected chi connectivity index (χ2v) is 3.40. The van der Waals surface area contributed by atoms with Gasteiger partial charge in [-0.2, -0.15) is 0 Å². The van der Waals surface area contributed by atoms with Gasteiger partial charge < -0.3 is 14.6 Å². The summed E-state index contributed by atoms with van der Waals surface area (Å²) in [6.07, 6.45) is -1.37. The number of aliphatic hydroxyl groups excluding tert-OH is 1. The van der Waals surface area contributed by atoms with Crippen LogP contribution in [0.15, 0.2) is 24.3 Å². The molecule has 0 saturated heterocycles. The molecule has 1 unspecified atom stereocenters. The van der Waals surface area contributed by atoms with Crippen molar-refractivity contribution in [2.75, 3.05) is 7.11 Å². The zero-order valence-electron chi connectivity index (χ0n) is 9.67. The minimum atomic E-state index is -1.37. The van der Waals surface area contributed by atoms with Gasteiger partial charge in [-0.05, 0) is 11.1 Å². The maximum Gasteiger partial charge on any atom is 0.339 e. The molecule has 0 heterocycles. The molecule has 5 nitrogen and oxygen atoms in total. The van der Waals surface area contributed by atoms with Crippen LogP contribution >= 0.6 is 0 Å². The summed E-state index contributed by atoms with van der Waals surface area (Å²) in [4.78, 5) is 21.9. The Balaban J connectivity index is 2.90. The summed E-state index contributed by atoms with van der Waals surface area (Å²) in [5, 5.41) is 9.72. The van der Waals surface area contributed by atoms with Crippen molar-refractivity contribution in [3.05, 3.63) is 35.4 Å². The van der Waals surface area contributed by atoms with Gasteiger partial charge in [-0.25, -0.2) is 4.79 Å². The van der Waals surface area contributed by atoms with Gasteiger partial charge in [0.25, 0.3) is 0 Å². The Morgan fingerprint density at radius 3 is 2.59 bits per heavy atom. The molecule has 5 heteroatoms. The fraction of sp³-hybridized carbons (Fsp3) is 0.333. The van der Waals surface area contributed by atoms with Gasteiger partial charge in [0.15, 0.2) is 6.10 Å². The van der Waals surface area contributed by atoms with Crippen LogP contribution in [0.1, 0.15) is 24.2 Å². The molecule has 1 N–H and O–H groups in total. The number of carbonyl (C=O) groups excluding carboxylic acids is 2. The van der Waals surface area contributed by atoms with Gasteiger partial charge in [0.05, 0.1) is 7.11 Å². The standard InChI is InChI=1S/C12H14O5/c1-8(13)17-7-9-5-3-4-6-10(9)11(14)12(15)16-2/h3-6,11,14H,7H2,1-2H3. The largest absolute Gasteiger partial charge is 0.467 e. The maximum absolute atomic E-state index is 11.2. The van der Waals surface area contributed by atoms with Crippen molar-refractivity contribution in [2.24, 2.45) is 0 Å². The average molecular weight is 238 g/mol. The molecule has 1 atom stereocenters. The third-order valence-corrected chi connectivity index (χ3v) is 2.21. The predicted molar refractivity (Wildman–Crippen MR) is 58.9 cm³/mol. The number of rotatable bonds is 4. The number of esters is 2. The lowest BCUT2D eigenvalue weighted by molar-refractivity contribution is -0.150. The number of carbonyl (C=O) groups is 2. The van der Waals surface area contributed by atoms with Gasteiger partial charge in [-0.1, -0.05) is 24.3 Å². The molecule has 1 aromatic carbocycles. The van der Waals surface area contributed by atoms with E-state index < -0.39 is 18.0 Å². The fourth-order valence-electron chi connectivity index (χ4n) is 1.35. The maximum atomic E-state index is 11.2. The van der Waals surface area contributed by atoms with E-state index >= 15 is 0 Å². The molecule has 17 heavy (non-hydrogen) atoms. The van der Waals surface area contributed by atoms with Gasteiger partial charge in [0.1, 0.15) is 6.61 Å². The van der Waals surface area contributed by atoms with Gasteiger partial charge in [0.2, 0.25) is 0 Å². The summed E-state index contributed by atoms with van der Waals surface area (Å²) in [5.41, 5.74) is 0.946. The van der Waals surface area contributed by atoms with Crippen molar-refractivity contribution < 1.29 is 24.2 Å². The quantitative estimate of drug-likeness (QED) is 0.791. The topological polar surface area (TPSA) is 72.8 Å². The Bertz CT molecular complexity index is 413. The van der Waals surface area contributed by atoms with Crippen molar-refractivity contribution >= 4 is 11.9 Å². The summed E-state index contributed by atoms with van der Waals surface area (Å²) in [6.45, 7) is 1.30. The van der Waals surface area contributed by atoms with E-state index in [-0.39, 0.29) is 6.61 Å². The number of methoxy groups -OCH3 is 1. The van der Waals surface area contributed by atoms with Crippen molar-refractivity contribution in [2.45, 2.75) is 19.6 Å². The van der Waals surface area contributed by atoms with E-state index in [2.05, 4.69) is 4.74 Å². The first-order chi connectivity index (χ1) is 8.06. The Kier molecular flexibility index (Phi) is 4.66. The second kappa shape index (κ2) is 6.00. The van der Waals surface area contributed by atoms with Crippen molar-refractivity contribution in [3.63, 3.8) is 0 Å². The van der Waals surface area contributed by atoms with Crippen LogP contribution in [0.2, 0.25) is 0 Å². The molecule has 92 valence electrons. The zero-order chi connectivity index (χ0) is 12.8. The van der Waals surface area contributed by atoms with Crippen LogP contribution in [0.25, 0.3) is 0 Å². The Hall–Kier alpha value is -1.88. The van der Waals surface area contributed by atoms with E-state index in [1.54, 1.807) is 24.3 Å². The molecule has 0 fully saturated rings. The van der Waals surface area contributed by atoms with Crippen LogP contribution < -0.4 is 0 Å². The van der Waals surface area contributed by atoms with Crippen LogP contribution in [0.4, 0.5) is 0 Å². The third-order valence-electron chi connectivity index (χ3n) is 2.21. The van der Waals surface area contributed by atoms with E-state index in [0.717, 1.165) is 0 Å². The van der Waals surface area contributed by atoms with E-state index in [1.807, 2.05) is 0 Å². The Morgan fingerprint density at radius 1 is 1.35 bits per heavy atom. The van der Waals surface area contributed by atoms with Crippen LogP contribution in [0.5, 0.6) is 0 Å². The summed E-state index contributed by atoms with van der Waals surface area (Å²) < 4.78 is 9.28. The lowest BCUT2D eigenvalue weighted by Gasteiger charge is -2.13. The summed E-state index contributed by atoms with van der Waals surface area (Å²) in [5.74, 6) is -1.17. The van der Waals surface area contributed by atoms with Crippen LogP contribution in [0.3, 0.4) is 0 Å². The predicted octanol–water partition coefficient (Wildman–Crippen LogP) is 0.956. The fourth-order valence-corrected chi connectivity index (χ4v) is 1.35. The average Bonchev–Trinajstić information content (AvgIpc) is 2.34. The molecule has 1 rings (SSSR count). The lowest BCUT2D eigenvalue weighted by atomic mass is 10.0. The van der Waals surface area contributed by atoms with Crippen molar-refractivity contribution in [1.29, 1.82) is 0 Å². The Morgan fingerprint density at radius 2 is 2.00 bits per heavy atom. The Labute approximate surface area is 99.0 Å². The molecule has 0 bridgehead atoms.